The zero-order chi connectivity index (χ0) is 21.5. The summed E-state index contributed by atoms with van der Waals surface area (Å²) < 4.78 is 1.97. The molecule has 1 fully saturated rings. The molecule has 0 spiro atoms. The number of nitrogens with zero attached hydrogens (tertiary/aromatic N) is 3. The van der Waals surface area contributed by atoms with Crippen LogP contribution in [0.4, 0.5) is 0 Å². The van der Waals surface area contributed by atoms with Gasteiger partial charge < -0.3 is 14.8 Å². The number of rotatable bonds is 7. The number of likely N-dealkylation sites (tertiary alicyclic amines) is 1. The van der Waals surface area contributed by atoms with E-state index in [1.807, 2.05) is 70.3 Å². The van der Waals surface area contributed by atoms with E-state index in [1.54, 1.807) is 12.5 Å². The molecule has 0 bridgehead atoms. The highest BCUT2D eigenvalue weighted by atomic mass is 16.2. The lowest BCUT2D eigenvalue weighted by molar-refractivity contribution is 0.0600. The Morgan fingerprint density at radius 2 is 1.84 bits per heavy atom. The number of nitrogens with one attached hydrogen (secondary N) is 1. The van der Waals surface area contributed by atoms with Gasteiger partial charge in [-0.15, -0.1) is 0 Å². The summed E-state index contributed by atoms with van der Waals surface area (Å²) in [5, 5.41) is 3.00. The number of hydrogen-bond acceptors (Lipinski definition) is 3. The van der Waals surface area contributed by atoms with Gasteiger partial charge in [0.2, 0.25) is 0 Å². The fourth-order valence-electron chi connectivity index (χ4n) is 4.21. The summed E-state index contributed by atoms with van der Waals surface area (Å²) in [6.07, 6.45) is 9.26. The minimum absolute atomic E-state index is 0.0695. The monoisotopic (exact) mass is 416 g/mol. The minimum atomic E-state index is -0.0695. The largest absolute Gasteiger partial charge is 0.352 e. The summed E-state index contributed by atoms with van der Waals surface area (Å²) in [4.78, 5) is 31.9. The van der Waals surface area contributed by atoms with Gasteiger partial charge in [0.15, 0.2) is 0 Å². The van der Waals surface area contributed by atoms with Crippen LogP contribution in [-0.2, 0) is 6.54 Å². The molecule has 1 atom stereocenters. The molecule has 1 aliphatic rings. The second-order valence-corrected chi connectivity index (χ2v) is 7.95. The molecule has 0 radical (unpaired) electrons. The Balaban J connectivity index is 1.41. The van der Waals surface area contributed by atoms with E-state index in [0.717, 1.165) is 43.4 Å². The van der Waals surface area contributed by atoms with E-state index < -0.39 is 0 Å². The van der Waals surface area contributed by atoms with Gasteiger partial charge in [-0.05, 0) is 49.4 Å². The molecule has 0 saturated carbocycles. The van der Waals surface area contributed by atoms with Gasteiger partial charge in [0, 0.05) is 49.2 Å². The number of aromatic nitrogens is 2. The number of carbonyl (C=O) groups excluding carboxylic acids is 2. The van der Waals surface area contributed by atoms with Crippen molar-refractivity contribution < 1.29 is 9.59 Å². The number of amides is 2. The Labute approximate surface area is 182 Å². The van der Waals surface area contributed by atoms with Crippen LogP contribution in [0.15, 0.2) is 73.3 Å². The molecular weight excluding hydrogens is 388 g/mol. The number of hydrogen-bond donors (Lipinski definition) is 1. The molecule has 2 amide bonds. The van der Waals surface area contributed by atoms with Crippen LogP contribution in [-0.4, -0.2) is 45.4 Å². The summed E-state index contributed by atoms with van der Waals surface area (Å²) in [5.74, 6) is 0.00904. The van der Waals surface area contributed by atoms with Crippen molar-refractivity contribution in [2.24, 2.45) is 0 Å². The van der Waals surface area contributed by atoms with Crippen LogP contribution in [0.5, 0.6) is 0 Å². The molecule has 3 aromatic rings. The summed E-state index contributed by atoms with van der Waals surface area (Å²) in [6.45, 7) is 1.93. The maximum atomic E-state index is 13.5. The van der Waals surface area contributed by atoms with Crippen molar-refractivity contribution in [2.75, 3.05) is 13.1 Å². The van der Waals surface area contributed by atoms with E-state index in [0.29, 0.717) is 18.7 Å². The van der Waals surface area contributed by atoms with Crippen molar-refractivity contribution in [3.05, 3.63) is 90.0 Å². The Bertz CT molecular complexity index is 1000. The summed E-state index contributed by atoms with van der Waals surface area (Å²) in [5.41, 5.74) is 2.40. The molecule has 0 aliphatic carbocycles. The number of imidazole rings is 1. The number of carbonyl (C=O) groups is 2. The van der Waals surface area contributed by atoms with Crippen molar-refractivity contribution in [1.82, 2.24) is 19.8 Å². The van der Waals surface area contributed by atoms with Crippen LogP contribution in [0.1, 0.15) is 52.0 Å². The van der Waals surface area contributed by atoms with Crippen molar-refractivity contribution in [3.63, 3.8) is 0 Å². The SMILES string of the molecule is O=C(NCC[C@@H]1CCCCN1C(=O)c1ccccc1Cn1ccnc1)c1ccccc1. The molecule has 2 heterocycles. The van der Waals surface area contributed by atoms with Gasteiger partial charge in [0.05, 0.1) is 6.33 Å². The predicted octanol–water partition coefficient (Wildman–Crippen LogP) is 3.75. The molecule has 6 nitrogen and oxygen atoms in total. The molecule has 31 heavy (non-hydrogen) atoms. The molecule has 1 N–H and O–H groups in total. The second-order valence-electron chi connectivity index (χ2n) is 7.95. The van der Waals surface area contributed by atoms with Crippen molar-refractivity contribution >= 4 is 11.8 Å². The van der Waals surface area contributed by atoms with Crippen molar-refractivity contribution in [2.45, 2.75) is 38.3 Å². The Kier molecular flexibility index (Phi) is 6.77. The zero-order valence-electron chi connectivity index (χ0n) is 17.6. The summed E-state index contributed by atoms with van der Waals surface area (Å²) in [6, 6.07) is 17.2. The summed E-state index contributed by atoms with van der Waals surface area (Å²) in [7, 11) is 0. The first-order valence-electron chi connectivity index (χ1n) is 10.9. The smallest absolute Gasteiger partial charge is 0.254 e. The molecule has 4 rings (SSSR count). The van der Waals surface area contributed by atoms with Crippen molar-refractivity contribution in [1.29, 1.82) is 0 Å². The normalized spacial score (nSPS) is 16.1. The Morgan fingerprint density at radius 3 is 2.65 bits per heavy atom. The van der Waals surface area contributed by atoms with Crippen LogP contribution < -0.4 is 5.32 Å². The highest BCUT2D eigenvalue weighted by Gasteiger charge is 2.28. The predicted molar refractivity (Wildman–Crippen MR) is 120 cm³/mol. The molecular formula is C25H28N4O2. The maximum Gasteiger partial charge on any atom is 0.254 e. The van der Waals surface area contributed by atoms with Crippen LogP contribution in [0.25, 0.3) is 0 Å². The van der Waals surface area contributed by atoms with E-state index in [4.69, 9.17) is 0 Å². The average molecular weight is 417 g/mol. The Morgan fingerprint density at radius 1 is 1.03 bits per heavy atom. The third kappa shape index (κ3) is 5.20. The fraction of sp³-hybridized carbons (Fsp3) is 0.320. The standard InChI is InChI=1S/C25H28N4O2/c30-24(20-8-2-1-3-9-20)27-14-13-22-11-6-7-16-29(22)25(31)23-12-5-4-10-21(23)18-28-17-15-26-19-28/h1-5,8-10,12,15,17,19,22H,6-7,11,13-14,16,18H2,(H,27,30)/t22-/m0/s1. The van der Waals surface area contributed by atoms with Crippen molar-refractivity contribution in [3.8, 4) is 0 Å². The van der Waals surface area contributed by atoms with E-state index >= 15 is 0 Å². The van der Waals surface area contributed by atoms with E-state index in [2.05, 4.69) is 10.3 Å². The molecule has 1 aromatic heterocycles. The fourth-order valence-corrected chi connectivity index (χ4v) is 4.21. The topological polar surface area (TPSA) is 67.2 Å². The first kappa shape index (κ1) is 20.8. The molecule has 1 saturated heterocycles. The van der Waals surface area contributed by atoms with E-state index in [9.17, 15) is 9.59 Å². The van der Waals surface area contributed by atoms with Gasteiger partial charge in [-0.1, -0.05) is 36.4 Å². The van der Waals surface area contributed by atoms with Gasteiger partial charge in [-0.25, -0.2) is 4.98 Å². The quantitative estimate of drug-likeness (QED) is 0.638. The van der Waals surface area contributed by atoms with Crippen LogP contribution in [0, 0.1) is 0 Å². The lowest BCUT2D eigenvalue weighted by atomic mass is 9.97. The highest BCUT2D eigenvalue weighted by molar-refractivity contribution is 5.96. The molecule has 2 aromatic carbocycles. The average Bonchev–Trinajstić information content (AvgIpc) is 3.33. The third-order valence-electron chi connectivity index (χ3n) is 5.85. The van der Waals surface area contributed by atoms with Gasteiger partial charge in [-0.3, -0.25) is 9.59 Å². The molecule has 6 heteroatoms. The van der Waals surface area contributed by atoms with E-state index in [-0.39, 0.29) is 17.9 Å². The third-order valence-corrected chi connectivity index (χ3v) is 5.85. The number of piperidine rings is 1. The lowest BCUT2D eigenvalue weighted by Crippen LogP contribution is -2.45. The highest BCUT2D eigenvalue weighted by Crippen LogP contribution is 2.23. The minimum Gasteiger partial charge on any atom is -0.352 e. The summed E-state index contributed by atoms with van der Waals surface area (Å²) >= 11 is 0. The van der Waals surface area contributed by atoms with Gasteiger partial charge in [-0.2, -0.15) is 0 Å². The Hall–Kier alpha value is -3.41. The zero-order valence-corrected chi connectivity index (χ0v) is 17.6. The maximum absolute atomic E-state index is 13.5. The first-order valence-corrected chi connectivity index (χ1v) is 10.9. The van der Waals surface area contributed by atoms with Gasteiger partial charge >= 0.3 is 0 Å². The first-order chi connectivity index (χ1) is 15.2. The van der Waals surface area contributed by atoms with Gasteiger partial charge in [0.1, 0.15) is 0 Å². The van der Waals surface area contributed by atoms with E-state index in [1.165, 1.54) is 0 Å². The lowest BCUT2D eigenvalue weighted by Gasteiger charge is -2.36. The molecule has 1 aliphatic heterocycles. The van der Waals surface area contributed by atoms with Crippen LogP contribution in [0.2, 0.25) is 0 Å². The van der Waals surface area contributed by atoms with Crippen LogP contribution in [0.3, 0.4) is 0 Å². The van der Waals surface area contributed by atoms with Crippen LogP contribution >= 0.6 is 0 Å². The molecule has 160 valence electrons. The molecule has 0 unspecified atom stereocenters. The van der Waals surface area contributed by atoms with Gasteiger partial charge in [0.25, 0.3) is 11.8 Å². The number of benzene rings is 2. The second kappa shape index (κ2) is 10.1.